The summed E-state index contributed by atoms with van der Waals surface area (Å²) >= 11 is 1.77. The molecule has 2 aromatic heterocycles. The van der Waals surface area contributed by atoms with E-state index in [9.17, 15) is 4.39 Å². The Morgan fingerprint density at radius 2 is 2.18 bits per heavy atom. The second-order valence-electron chi connectivity index (χ2n) is 5.39. The topological polar surface area (TPSA) is 28.6 Å². The number of anilines is 1. The monoisotopic (exact) mass is 321 g/mol. The SMILES string of the molecule is CN(C[C@@H](c1cccs1)N1CCOCC1)c1ccc(F)cn1. The molecule has 0 N–H and O–H groups in total. The average Bonchev–Trinajstić information content (AvgIpc) is 3.08. The molecule has 4 nitrogen and oxygen atoms in total. The van der Waals surface area contributed by atoms with Crippen molar-refractivity contribution in [1.82, 2.24) is 9.88 Å². The minimum Gasteiger partial charge on any atom is -0.379 e. The van der Waals surface area contributed by atoms with Crippen LogP contribution in [0.15, 0.2) is 35.8 Å². The standard InChI is InChI=1S/C16H20FN3OS/c1-19(16-5-4-13(17)11-18-16)12-14(15-3-2-10-22-15)20-6-8-21-9-7-20/h2-5,10-11,14H,6-9,12H2,1H3/t14-/m0/s1. The first-order chi connectivity index (χ1) is 10.7. The van der Waals surface area contributed by atoms with E-state index in [0.717, 1.165) is 38.7 Å². The molecule has 0 unspecified atom stereocenters. The summed E-state index contributed by atoms with van der Waals surface area (Å²) in [6.07, 6.45) is 1.26. The van der Waals surface area contributed by atoms with Gasteiger partial charge in [0.1, 0.15) is 11.6 Å². The van der Waals surface area contributed by atoms with Gasteiger partial charge < -0.3 is 9.64 Å². The molecule has 0 saturated carbocycles. The number of thiophene rings is 1. The molecule has 2 aromatic rings. The summed E-state index contributed by atoms with van der Waals surface area (Å²) < 4.78 is 18.5. The molecule has 1 atom stereocenters. The number of halogens is 1. The van der Waals surface area contributed by atoms with E-state index >= 15 is 0 Å². The van der Waals surface area contributed by atoms with Crippen LogP contribution in [0.5, 0.6) is 0 Å². The lowest BCUT2D eigenvalue weighted by Crippen LogP contribution is -2.43. The smallest absolute Gasteiger partial charge is 0.141 e. The number of rotatable bonds is 5. The van der Waals surface area contributed by atoms with Crippen molar-refractivity contribution in [3.05, 3.63) is 46.5 Å². The third kappa shape index (κ3) is 3.63. The lowest BCUT2D eigenvalue weighted by atomic mass is 10.1. The second-order valence-corrected chi connectivity index (χ2v) is 6.37. The van der Waals surface area contributed by atoms with Crippen LogP contribution in [0.2, 0.25) is 0 Å². The Balaban J connectivity index is 1.75. The number of hydrogen-bond acceptors (Lipinski definition) is 5. The molecule has 0 spiro atoms. The fraction of sp³-hybridized carbons (Fsp3) is 0.438. The first kappa shape index (κ1) is 15.4. The summed E-state index contributed by atoms with van der Waals surface area (Å²) in [4.78, 5) is 10.0. The van der Waals surface area contributed by atoms with Crippen molar-refractivity contribution in [2.75, 3.05) is 44.8 Å². The number of hydrogen-bond donors (Lipinski definition) is 0. The van der Waals surface area contributed by atoms with E-state index in [1.807, 2.05) is 7.05 Å². The second kappa shape index (κ2) is 7.17. The number of aromatic nitrogens is 1. The summed E-state index contributed by atoms with van der Waals surface area (Å²) in [6, 6.07) is 7.74. The fourth-order valence-electron chi connectivity index (χ4n) is 2.70. The molecule has 0 amide bonds. The van der Waals surface area contributed by atoms with Crippen LogP contribution in [-0.4, -0.2) is 49.8 Å². The highest BCUT2D eigenvalue weighted by Gasteiger charge is 2.25. The van der Waals surface area contributed by atoms with E-state index in [-0.39, 0.29) is 5.82 Å². The molecular formula is C16H20FN3OS. The highest BCUT2D eigenvalue weighted by molar-refractivity contribution is 7.10. The van der Waals surface area contributed by atoms with Crippen molar-refractivity contribution < 1.29 is 9.13 Å². The van der Waals surface area contributed by atoms with E-state index in [1.165, 1.54) is 17.1 Å². The van der Waals surface area contributed by atoms with Crippen LogP contribution in [0, 0.1) is 5.82 Å². The Labute approximate surface area is 134 Å². The van der Waals surface area contributed by atoms with Gasteiger partial charge in [0, 0.05) is 31.6 Å². The molecule has 3 heterocycles. The van der Waals surface area contributed by atoms with Gasteiger partial charge in [-0.05, 0) is 23.6 Å². The molecule has 1 saturated heterocycles. The Bertz CT molecular complexity index is 570. The lowest BCUT2D eigenvalue weighted by Gasteiger charge is -2.36. The van der Waals surface area contributed by atoms with Gasteiger partial charge in [-0.25, -0.2) is 9.37 Å². The van der Waals surface area contributed by atoms with E-state index in [4.69, 9.17) is 4.74 Å². The van der Waals surface area contributed by atoms with Crippen LogP contribution < -0.4 is 4.90 Å². The van der Waals surface area contributed by atoms with E-state index in [2.05, 4.69) is 32.3 Å². The van der Waals surface area contributed by atoms with Crippen molar-refractivity contribution in [2.24, 2.45) is 0 Å². The van der Waals surface area contributed by atoms with Gasteiger partial charge in [0.25, 0.3) is 0 Å². The van der Waals surface area contributed by atoms with Gasteiger partial charge in [-0.15, -0.1) is 11.3 Å². The number of pyridine rings is 1. The molecule has 0 aromatic carbocycles. The lowest BCUT2D eigenvalue weighted by molar-refractivity contribution is 0.0183. The van der Waals surface area contributed by atoms with E-state index in [0.29, 0.717) is 6.04 Å². The van der Waals surface area contributed by atoms with Crippen LogP contribution in [0.3, 0.4) is 0 Å². The minimum atomic E-state index is -0.305. The van der Waals surface area contributed by atoms with E-state index < -0.39 is 0 Å². The van der Waals surface area contributed by atoms with Crippen molar-refractivity contribution in [3.63, 3.8) is 0 Å². The third-order valence-electron chi connectivity index (χ3n) is 3.91. The number of likely N-dealkylation sites (N-methyl/N-ethyl adjacent to an activating group) is 1. The molecule has 0 aliphatic carbocycles. The quantitative estimate of drug-likeness (QED) is 0.847. The Morgan fingerprint density at radius 3 is 2.82 bits per heavy atom. The normalized spacial score (nSPS) is 17.4. The van der Waals surface area contributed by atoms with E-state index in [1.54, 1.807) is 17.4 Å². The van der Waals surface area contributed by atoms with Gasteiger partial charge in [0.15, 0.2) is 0 Å². The van der Waals surface area contributed by atoms with Crippen molar-refractivity contribution >= 4 is 17.2 Å². The molecule has 1 aliphatic heterocycles. The van der Waals surface area contributed by atoms with Gasteiger partial charge in [0.2, 0.25) is 0 Å². The molecule has 3 rings (SSSR count). The zero-order valence-corrected chi connectivity index (χ0v) is 13.4. The molecule has 0 bridgehead atoms. The summed E-state index contributed by atoms with van der Waals surface area (Å²) in [5.74, 6) is 0.483. The van der Waals surface area contributed by atoms with Crippen LogP contribution in [0.1, 0.15) is 10.9 Å². The van der Waals surface area contributed by atoms with Gasteiger partial charge >= 0.3 is 0 Å². The first-order valence-electron chi connectivity index (χ1n) is 7.42. The fourth-order valence-corrected chi connectivity index (χ4v) is 3.55. The zero-order chi connectivity index (χ0) is 15.4. The molecule has 118 valence electrons. The predicted molar refractivity (Wildman–Crippen MR) is 86.9 cm³/mol. The average molecular weight is 321 g/mol. The third-order valence-corrected chi connectivity index (χ3v) is 4.88. The molecular weight excluding hydrogens is 301 g/mol. The largest absolute Gasteiger partial charge is 0.379 e. The van der Waals surface area contributed by atoms with Crippen molar-refractivity contribution in [3.8, 4) is 0 Å². The van der Waals surface area contributed by atoms with Crippen LogP contribution in [0.4, 0.5) is 10.2 Å². The maximum atomic E-state index is 13.0. The molecule has 0 radical (unpaired) electrons. The molecule has 6 heteroatoms. The Hall–Kier alpha value is -1.50. The maximum Gasteiger partial charge on any atom is 0.141 e. The van der Waals surface area contributed by atoms with Gasteiger partial charge in [-0.3, -0.25) is 4.90 Å². The van der Waals surface area contributed by atoms with Crippen LogP contribution in [0.25, 0.3) is 0 Å². The Morgan fingerprint density at radius 1 is 1.36 bits per heavy atom. The predicted octanol–water partition coefficient (Wildman–Crippen LogP) is 2.79. The number of ether oxygens (including phenoxy) is 1. The molecule has 22 heavy (non-hydrogen) atoms. The van der Waals surface area contributed by atoms with Crippen LogP contribution in [-0.2, 0) is 4.74 Å². The molecule has 1 aliphatic rings. The summed E-state index contributed by atoms with van der Waals surface area (Å²) in [5.41, 5.74) is 0. The number of morpholine rings is 1. The summed E-state index contributed by atoms with van der Waals surface area (Å²) in [6.45, 7) is 4.25. The highest BCUT2D eigenvalue weighted by atomic mass is 32.1. The summed E-state index contributed by atoms with van der Waals surface area (Å²) in [5, 5.41) is 2.11. The number of nitrogens with zero attached hydrogens (tertiary/aromatic N) is 3. The maximum absolute atomic E-state index is 13.0. The first-order valence-corrected chi connectivity index (χ1v) is 8.30. The van der Waals surface area contributed by atoms with Gasteiger partial charge in [0.05, 0.1) is 25.5 Å². The van der Waals surface area contributed by atoms with Crippen molar-refractivity contribution in [1.29, 1.82) is 0 Å². The van der Waals surface area contributed by atoms with Gasteiger partial charge in [-0.2, -0.15) is 0 Å². The molecule has 1 fully saturated rings. The Kier molecular flexibility index (Phi) is 5.02. The van der Waals surface area contributed by atoms with Crippen molar-refractivity contribution in [2.45, 2.75) is 6.04 Å². The zero-order valence-electron chi connectivity index (χ0n) is 12.6. The highest BCUT2D eigenvalue weighted by Crippen LogP contribution is 2.27. The van der Waals surface area contributed by atoms with Crippen LogP contribution >= 0.6 is 11.3 Å². The van der Waals surface area contributed by atoms with Gasteiger partial charge in [-0.1, -0.05) is 6.07 Å². The summed E-state index contributed by atoms with van der Waals surface area (Å²) in [7, 11) is 2.00. The minimum absolute atomic E-state index is 0.305.